The van der Waals surface area contributed by atoms with Crippen LogP contribution in [0.2, 0.25) is 0 Å². The van der Waals surface area contributed by atoms with E-state index < -0.39 is 18.4 Å². The first-order valence-corrected chi connectivity index (χ1v) is 6.11. The van der Waals surface area contributed by atoms with Crippen LogP contribution >= 0.6 is 0 Å². The Balaban J connectivity index is 2.46. The Hall–Kier alpha value is -0.320. The monoisotopic (exact) mass is 255 g/mol. The highest BCUT2D eigenvalue weighted by Gasteiger charge is 2.52. The van der Waals surface area contributed by atoms with Gasteiger partial charge >= 0.3 is 11.8 Å². The highest BCUT2D eigenvalue weighted by Crippen LogP contribution is 2.35. The third-order valence-corrected chi connectivity index (χ3v) is 3.64. The molecule has 0 spiro atoms. The number of rotatable bonds is 4. The van der Waals surface area contributed by atoms with Crippen LogP contribution in [0.4, 0.5) is 17.6 Å². The van der Waals surface area contributed by atoms with Crippen molar-refractivity contribution in [1.29, 1.82) is 0 Å². The predicted octanol–water partition coefficient (Wildman–Crippen LogP) is 3.64. The van der Waals surface area contributed by atoms with E-state index in [0.29, 0.717) is 24.9 Å². The minimum Gasteiger partial charge on any atom is -0.297 e. The summed E-state index contributed by atoms with van der Waals surface area (Å²) in [5.41, 5.74) is 0. The first-order chi connectivity index (χ1) is 7.63. The molecular weight excluding hydrogens is 234 g/mol. The molecule has 0 amide bonds. The van der Waals surface area contributed by atoms with E-state index in [2.05, 4.69) is 13.8 Å². The molecule has 0 atom stereocenters. The highest BCUT2D eigenvalue weighted by atomic mass is 19.3. The molecule has 1 heterocycles. The largest absolute Gasteiger partial charge is 0.322 e. The van der Waals surface area contributed by atoms with Crippen LogP contribution in [0, 0.1) is 11.8 Å². The Bertz CT molecular complexity index is 239. The number of halogens is 4. The Morgan fingerprint density at radius 3 is 1.94 bits per heavy atom. The highest BCUT2D eigenvalue weighted by molar-refractivity contribution is 4.86. The van der Waals surface area contributed by atoms with E-state index in [9.17, 15) is 17.6 Å². The van der Waals surface area contributed by atoms with Crippen molar-refractivity contribution in [3.63, 3.8) is 0 Å². The third-order valence-electron chi connectivity index (χ3n) is 3.64. The van der Waals surface area contributed by atoms with Gasteiger partial charge < -0.3 is 0 Å². The number of hydrogen-bond acceptors (Lipinski definition) is 1. The SMILES string of the molecule is CC(C)C1CCN(CC(F)(F)C(C)(F)F)CC1. The zero-order valence-electron chi connectivity index (χ0n) is 10.6. The molecule has 1 aliphatic rings. The van der Waals surface area contributed by atoms with E-state index in [0.717, 1.165) is 12.8 Å². The summed E-state index contributed by atoms with van der Waals surface area (Å²) >= 11 is 0. The molecule has 1 rings (SSSR count). The van der Waals surface area contributed by atoms with Gasteiger partial charge in [0, 0.05) is 6.92 Å². The summed E-state index contributed by atoms with van der Waals surface area (Å²) in [6.07, 6.45) is 1.64. The number of piperidine rings is 1. The maximum atomic E-state index is 13.2. The summed E-state index contributed by atoms with van der Waals surface area (Å²) in [6, 6.07) is 0. The zero-order valence-corrected chi connectivity index (χ0v) is 10.6. The van der Waals surface area contributed by atoms with Crippen LogP contribution < -0.4 is 0 Å². The van der Waals surface area contributed by atoms with Crippen LogP contribution in [0.15, 0.2) is 0 Å². The van der Waals surface area contributed by atoms with Crippen molar-refractivity contribution in [2.45, 2.75) is 45.5 Å². The summed E-state index contributed by atoms with van der Waals surface area (Å²) in [4.78, 5) is 1.45. The molecule has 0 aromatic rings. The summed E-state index contributed by atoms with van der Waals surface area (Å²) in [5, 5.41) is 0. The van der Waals surface area contributed by atoms with Gasteiger partial charge in [-0.05, 0) is 37.8 Å². The summed E-state index contributed by atoms with van der Waals surface area (Å²) in [7, 11) is 0. The minimum atomic E-state index is -3.94. The lowest BCUT2D eigenvalue weighted by molar-refractivity contribution is -0.207. The van der Waals surface area contributed by atoms with Crippen LogP contribution in [0.25, 0.3) is 0 Å². The molecule has 1 fully saturated rings. The van der Waals surface area contributed by atoms with Crippen LogP contribution in [0.5, 0.6) is 0 Å². The second-order valence-electron chi connectivity index (χ2n) is 5.45. The zero-order chi connectivity index (χ0) is 13.3. The van der Waals surface area contributed by atoms with E-state index >= 15 is 0 Å². The standard InChI is InChI=1S/C12H21F4N/c1-9(2)10-4-6-17(7-5-10)8-12(15,16)11(3,13)14/h9-10H,4-8H2,1-3H3. The fraction of sp³-hybridized carbons (Fsp3) is 1.00. The minimum absolute atomic E-state index is 0.286. The Morgan fingerprint density at radius 1 is 1.12 bits per heavy atom. The smallest absolute Gasteiger partial charge is 0.297 e. The molecule has 1 saturated heterocycles. The lowest BCUT2D eigenvalue weighted by Gasteiger charge is -2.36. The Labute approximate surface area is 100 Å². The number of hydrogen-bond donors (Lipinski definition) is 0. The maximum absolute atomic E-state index is 13.2. The van der Waals surface area contributed by atoms with Gasteiger partial charge in [-0.2, -0.15) is 8.78 Å². The molecule has 5 heteroatoms. The first-order valence-electron chi connectivity index (χ1n) is 6.11. The number of nitrogens with zero attached hydrogens (tertiary/aromatic N) is 1. The van der Waals surface area contributed by atoms with Crippen LogP contribution in [0.3, 0.4) is 0 Å². The molecule has 0 radical (unpaired) electrons. The van der Waals surface area contributed by atoms with Gasteiger partial charge in [-0.15, -0.1) is 0 Å². The Kier molecular flexibility index (Phi) is 4.44. The van der Waals surface area contributed by atoms with Crippen LogP contribution in [0.1, 0.15) is 33.6 Å². The van der Waals surface area contributed by atoms with Gasteiger partial charge in [0.1, 0.15) is 0 Å². The lowest BCUT2D eigenvalue weighted by Crippen LogP contribution is -2.49. The number of alkyl halides is 4. The van der Waals surface area contributed by atoms with Gasteiger partial charge in [-0.25, -0.2) is 8.78 Å². The van der Waals surface area contributed by atoms with Crippen molar-refractivity contribution in [2.75, 3.05) is 19.6 Å². The quantitative estimate of drug-likeness (QED) is 0.693. The van der Waals surface area contributed by atoms with Gasteiger partial charge in [-0.3, -0.25) is 4.90 Å². The van der Waals surface area contributed by atoms with Crippen molar-refractivity contribution < 1.29 is 17.6 Å². The predicted molar refractivity (Wildman–Crippen MR) is 59.6 cm³/mol. The van der Waals surface area contributed by atoms with Gasteiger partial charge in [0.15, 0.2) is 0 Å². The molecule has 0 aromatic heterocycles. The van der Waals surface area contributed by atoms with Gasteiger partial charge in [0.05, 0.1) is 6.54 Å². The van der Waals surface area contributed by atoms with E-state index in [4.69, 9.17) is 0 Å². The molecular formula is C12H21F4N. The second kappa shape index (κ2) is 5.12. The molecule has 0 bridgehead atoms. The van der Waals surface area contributed by atoms with Crippen molar-refractivity contribution in [3.05, 3.63) is 0 Å². The van der Waals surface area contributed by atoms with Crippen LogP contribution in [-0.2, 0) is 0 Å². The second-order valence-corrected chi connectivity index (χ2v) is 5.45. The molecule has 1 aliphatic heterocycles. The fourth-order valence-corrected chi connectivity index (χ4v) is 2.20. The van der Waals surface area contributed by atoms with E-state index in [1.54, 1.807) is 0 Å². The fourth-order valence-electron chi connectivity index (χ4n) is 2.20. The molecule has 0 N–H and O–H groups in total. The first kappa shape index (κ1) is 14.7. The van der Waals surface area contributed by atoms with E-state index in [1.165, 1.54) is 4.90 Å². The normalized spacial score (nSPS) is 21.2. The molecule has 0 saturated carbocycles. The molecule has 0 aliphatic carbocycles. The van der Waals surface area contributed by atoms with Crippen molar-refractivity contribution in [3.8, 4) is 0 Å². The number of likely N-dealkylation sites (tertiary alicyclic amines) is 1. The third kappa shape index (κ3) is 3.83. The van der Waals surface area contributed by atoms with E-state index in [1.807, 2.05) is 0 Å². The van der Waals surface area contributed by atoms with E-state index in [-0.39, 0.29) is 6.92 Å². The average molecular weight is 255 g/mol. The van der Waals surface area contributed by atoms with Gasteiger partial charge in [0.25, 0.3) is 0 Å². The maximum Gasteiger partial charge on any atom is 0.322 e. The topological polar surface area (TPSA) is 3.24 Å². The molecule has 0 aromatic carbocycles. The van der Waals surface area contributed by atoms with Gasteiger partial charge in [-0.1, -0.05) is 13.8 Å². The van der Waals surface area contributed by atoms with Crippen molar-refractivity contribution in [1.82, 2.24) is 4.90 Å². The average Bonchev–Trinajstić information content (AvgIpc) is 2.16. The molecule has 1 nitrogen and oxygen atoms in total. The van der Waals surface area contributed by atoms with Crippen molar-refractivity contribution in [2.24, 2.45) is 11.8 Å². The van der Waals surface area contributed by atoms with Crippen LogP contribution in [-0.4, -0.2) is 36.4 Å². The molecule has 17 heavy (non-hydrogen) atoms. The summed E-state index contributed by atoms with van der Waals surface area (Å²) < 4.78 is 51.7. The molecule has 102 valence electrons. The molecule has 0 unspecified atom stereocenters. The van der Waals surface area contributed by atoms with Gasteiger partial charge in [0.2, 0.25) is 0 Å². The summed E-state index contributed by atoms with van der Waals surface area (Å²) in [6.45, 7) is 4.66. The Morgan fingerprint density at radius 2 is 1.59 bits per heavy atom. The summed E-state index contributed by atoms with van der Waals surface area (Å²) in [5.74, 6) is -6.81. The van der Waals surface area contributed by atoms with Crippen molar-refractivity contribution >= 4 is 0 Å². The lowest BCUT2D eigenvalue weighted by atomic mass is 9.86.